The lowest BCUT2D eigenvalue weighted by atomic mass is 10.0. The van der Waals surface area contributed by atoms with Gasteiger partial charge in [-0.25, -0.2) is 0 Å². The smallest absolute Gasteiger partial charge is 0.00187 e. The molecule has 1 nitrogen and oxygen atoms in total. The molecule has 0 bridgehead atoms. The lowest BCUT2D eigenvalue weighted by molar-refractivity contribution is 0.254. The van der Waals surface area contributed by atoms with Crippen molar-refractivity contribution in [2.45, 2.75) is 290 Å². The predicted molar refractivity (Wildman–Crippen MR) is 235 cm³/mol. The topological polar surface area (TPSA) is 3.24 Å². The molecule has 0 fully saturated rings. The molecule has 0 aromatic heterocycles. The summed E-state index contributed by atoms with van der Waals surface area (Å²) in [5.41, 5.74) is 0. The Kier molecular flexibility index (Phi) is 51.6. The van der Waals surface area contributed by atoms with Crippen molar-refractivity contribution in [3.05, 3.63) is 0 Å². The van der Waals surface area contributed by atoms with Gasteiger partial charge in [-0.2, -0.15) is 0 Å². The fourth-order valence-electron chi connectivity index (χ4n) is 7.93. The first-order valence-electron chi connectivity index (χ1n) is 24.1. The number of hydrogen-bond acceptors (Lipinski definition) is 1. The molecule has 0 aromatic rings. The average molecular weight is 727 g/mol. The van der Waals surface area contributed by atoms with Crippen LogP contribution in [0, 0.1) is 0 Å². The highest BCUT2D eigenvalue weighted by Crippen LogP contribution is 2.17. The van der Waals surface area contributed by atoms with E-state index in [-0.39, 0.29) is 12.4 Å². The fraction of sp³-hybridized carbons (Fsp3) is 1.00. The monoisotopic (exact) mass is 726 g/mol. The van der Waals surface area contributed by atoms with Crippen molar-refractivity contribution >= 4 is 12.4 Å². The number of rotatable bonds is 45. The van der Waals surface area contributed by atoms with Crippen LogP contribution in [-0.4, -0.2) is 24.5 Å². The summed E-state index contributed by atoms with van der Waals surface area (Å²) in [6, 6.07) is 0. The van der Waals surface area contributed by atoms with Crippen molar-refractivity contribution in [2.24, 2.45) is 0 Å². The Morgan fingerprint density at radius 1 is 0.180 bits per heavy atom. The number of halogens is 1. The number of nitrogens with zero attached hydrogens (tertiary/aromatic N) is 1. The molecule has 0 amide bonds. The first-order chi connectivity index (χ1) is 24.3. The van der Waals surface area contributed by atoms with E-state index in [4.69, 9.17) is 0 Å². The second-order valence-electron chi connectivity index (χ2n) is 16.6. The Hall–Kier alpha value is 0.250. The van der Waals surface area contributed by atoms with E-state index < -0.39 is 0 Å². The Morgan fingerprint density at radius 2 is 0.300 bits per heavy atom. The van der Waals surface area contributed by atoms with E-state index in [2.05, 4.69) is 25.7 Å². The van der Waals surface area contributed by atoms with Crippen LogP contribution in [0.1, 0.15) is 290 Å². The summed E-state index contributed by atoms with van der Waals surface area (Å²) in [4.78, 5) is 2.88. The van der Waals surface area contributed by atoms with E-state index >= 15 is 0 Å². The summed E-state index contributed by atoms with van der Waals surface area (Å²) < 4.78 is 0. The zero-order valence-corrected chi connectivity index (χ0v) is 36.5. The van der Waals surface area contributed by atoms with Crippen molar-refractivity contribution in [1.29, 1.82) is 0 Å². The van der Waals surface area contributed by atoms with Gasteiger partial charge in [0.15, 0.2) is 0 Å². The van der Waals surface area contributed by atoms with E-state index in [1.807, 2.05) is 0 Å². The molecule has 304 valence electrons. The second-order valence-corrected chi connectivity index (χ2v) is 16.6. The van der Waals surface area contributed by atoms with Crippen LogP contribution >= 0.6 is 12.4 Å². The third kappa shape index (κ3) is 46.3. The van der Waals surface area contributed by atoms with Gasteiger partial charge in [0, 0.05) is 0 Å². The highest BCUT2D eigenvalue weighted by atomic mass is 35.5. The van der Waals surface area contributed by atoms with Crippen molar-refractivity contribution in [2.75, 3.05) is 19.6 Å². The van der Waals surface area contributed by atoms with Gasteiger partial charge in [0.2, 0.25) is 0 Å². The molecule has 0 aromatic carbocycles. The highest BCUT2D eigenvalue weighted by molar-refractivity contribution is 5.85. The van der Waals surface area contributed by atoms with Crippen LogP contribution in [0.3, 0.4) is 0 Å². The van der Waals surface area contributed by atoms with Gasteiger partial charge >= 0.3 is 0 Å². The van der Waals surface area contributed by atoms with Gasteiger partial charge in [0.1, 0.15) is 0 Å². The van der Waals surface area contributed by atoms with Crippen molar-refractivity contribution in [1.82, 2.24) is 4.90 Å². The normalized spacial score (nSPS) is 11.5. The molecule has 0 rings (SSSR count). The zero-order chi connectivity index (χ0) is 35.4. The van der Waals surface area contributed by atoms with Crippen LogP contribution in [0.4, 0.5) is 0 Å². The minimum absolute atomic E-state index is 0. The molecule has 0 radical (unpaired) electrons. The molecule has 0 N–H and O–H groups in total. The Bertz CT molecular complexity index is 474. The van der Waals surface area contributed by atoms with Crippen LogP contribution in [-0.2, 0) is 0 Å². The lowest BCUT2D eigenvalue weighted by Crippen LogP contribution is -2.27. The van der Waals surface area contributed by atoms with Gasteiger partial charge in [-0.15, -0.1) is 12.4 Å². The standard InChI is InChI=1S/C48H99N.ClH/c1-4-7-10-13-16-19-22-25-28-31-34-37-40-43-46-49(47-44-41-38-35-32-29-26-23-20-17-14-11-8-5-2)48-45-42-39-36-33-30-27-24-21-18-15-12-9-6-3;/h4-48H2,1-3H3;1H. The van der Waals surface area contributed by atoms with Gasteiger partial charge in [0.25, 0.3) is 0 Å². The fourth-order valence-corrected chi connectivity index (χ4v) is 7.93. The first-order valence-corrected chi connectivity index (χ1v) is 24.1. The summed E-state index contributed by atoms with van der Waals surface area (Å²) in [5.74, 6) is 0. The molecule has 0 aliphatic carbocycles. The SMILES string of the molecule is CCCCCCCCCCCCCCCCN(CCCCCCCCCCCCCCCC)CCCCCCCCCCCCCCCC.Cl. The lowest BCUT2D eigenvalue weighted by Gasteiger charge is -2.22. The minimum atomic E-state index is 0. The summed E-state index contributed by atoms with van der Waals surface area (Å²) in [5, 5.41) is 0. The minimum Gasteiger partial charge on any atom is -0.303 e. The second kappa shape index (κ2) is 49.2. The molecule has 0 aliphatic heterocycles. The first kappa shape index (κ1) is 52.4. The summed E-state index contributed by atoms with van der Waals surface area (Å²) in [7, 11) is 0. The van der Waals surface area contributed by atoms with Crippen LogP contribution in [0.25, 0.3) is 0 Å². The zero-order valence-electron chi connectivity index (χ0n) is 35.7. The maximum atomic E-state index is 2.88. The van der Waals surface area contributed by atoms with E-state index in [0.717, 1.165) is 0 Å². The maximum Gasteiger partial charge on any atom is -0.00187 e. The third-order valence-corrected chi connectivity index (χ3v) is 11.5. The van der Waals surface area contributed by atoms with Crippen molar-refractivity contribution < 1.29 is 0 Å². The van der Waals surface area contributed by atoms with Gasteiger partial charge in [-0.1, -0.05) is 271 Å². The maximum absolute atomic E-state index is 2.88. The number of unbranched alkanes of at least 4 members (excludes halogenated alkanes) is 39. The summed E-state index contributed by atoms with van der Waals surface area (Å²) in [6.45, 7) is 11.1. The van der Waals surface area contributed by atoms with Gasteiger partial charge < -0.3 is 4.90 Å². The summed E-state index contributed by atoms with van der Waals surface area (Å²) >= 11 is 0. The Morgan fingerprint density at radius 3 is 0.440 bits per heavy atom. The Balaban J connectivity index is 0. The quantitative estimate of drug-likeness (QED) is 0.0565. The van der Waals surface area contributed by atoms with Gasteiger partial charge in [0.05, 0.1) is 0 Å². The molecule has 0 atom stereocenters. The largest absolute Gasteiger partial charge is 0.303 e. The molecule has 0 unspecified atom stereocenters. The van der Waals surface area contributed by atoms with Crippen molar-refractivity contribution in [3.8, 4) is 0 Å². The van der Waals surface area contributed by atoms with E-state index in [9.17, 15) is 0 Å². The van der Waals surface area contributed by atoms with E-state index in [0.29, 0.717) is 0 Å². The summed E-state index contributed by atoms with van der Waals surface area (Å²) in [6.07, 6.45) is 61.6. The number of hydrogen-bond donors (Lipinski definition) is 0. The Labute approximate surface area is 326 Å². The molecular formula is C48H100ClN. The highest BCUT2D eigenvalue weighted by Gasteiger charge is 2.05. The molecule has 0 saturated carbocycles. The predicted octanol–water partition coefficient (Wildman–Crippen LogP) is 18.2. The molecule has 0 spiro atoms. The van der Waals surface area contributed by atoms with Crippen LogP contribution < -0.4 is 0 Å². The molecular weight excluding hydrogens is 626 g/mol. The van der Waals surface area contributed by atoms with E-state index in [1.54, 1.807) is 0 Å². The van der Waals surface area contributed by atoms with Gasteiger partial charge in [-0.05, 0) is 38.9 Å². The third-order valence-electron chi connectivity index (χ3n) is 11.5. The van der Waals surface area contributed by atoms with Gasteiger partial charge in [-0.3, -0.25) is 0 Å². The van der Waals surface area contributed by atoms with E-state index in [1.165, 1.54) is 289 Å². The molecule has 0 saturated heterocycles. The molecule has 2 heteroatoms. The van der Waals surface area contributed by atoms with Crippen LogP contribution in [0.5, 0.6) is 0 Å². The van der Waals surface area contributed by atoms with Crippen LogP contribution in [0.15, 0.2) is 0 Å². The average Bonchev–Trinajstić information content (AvgIpc) is 3.11. The van der Waals surface area contributed by atoms with Crippen molar-refractivity contribution in [3.63, 3.8) is 0 Å². The molecule has 0 heterocycles. The van der Waals surface area contributed by atoms with Crippen LogP contribution in [0.2, 0.25) is 0 Å². The molecule has 0 aliphatic rings. The molecule has 50 heavy (non-hydrogen) atoms.